The van der Waals surface area contributed by atoms with Crippen LogP contribution in [0.3, 0.4) is 0 Å². The van der Waals surface area contributed by atoms with Gasteiger partial charge in [-0.2, -0.15) is 0 Å². The maximum absolute atomic E-state index is 5.96. The molecule has 3 nitrogen and oxygen atoms in total. The summed E-state index contributed by atoms with van der Waals surface area (Å²) in [6, 6.07) is 7.08. The molecule has 0 amide bonds. The van der Waals surface area contributed by atoms with E-state index in [2.05, 4.69) is 62.6 Å². The van der Waals surface area contributed by atoms with E-state index >= 15 is 0 Å². The Balaban J connectivity index is 2.08. The van der Waals surface area contributed by atoms with E-state index in [4.69, 9.17) is 4.74 Å². The van der Waals surface area contributed by atoms with Gasteiger partial charge in [-0.05, 0) is 46.2 Å². The van der Waals surface area contributed by atoms with Crippen LogP contribution in [0.2, 0.25) is 0 Å². The summed E-state index contributed by atoms with van der Waals surface area (Å²) in [5.41, 5.74) is 2.65. The van der Waals surface area contributed by atoms with Crippen molar-refractivity contribution in [2.24, 2.45) is 0 Å². The molecular weight excluding hydrogens is 272 g/mol. The fourth-order valence-corrected chi connectivity index (χ4v) is 3.46. The van der Waals surface area contributed by atoms with Gasteiger partial charge < -0.3 is 14.5 Å². The first-order valence-corrected chi connectivity index (χ1v) is 8.92. The van der Waals surface area contributed by atoms with Crippen LogP contribution in [0.25, 0.3) is 0 Å². The van der Waals surface area contributed by atoms with Gasteiger partial charge in [-0.1, -0.05) is 26.2 Å². The highest BCUT2D eigenvalue weighted by Crippen LogP contribution is 2.42. The maximum atomic E-state index is 5.96. The van der Waals surface area contributed by atoms with Crippen molar-refractivity contribution in [1.29, 1.82) is 0 Å². The third-order valence-corrected chi connectivity index (χ3v) is 4.55. The number of benzene rings is 1. The highest BCUT2D eigenvalue weighted by Gasteiger charge is 2.33. The van der Waals surface area contributed by atoms with E-state index in [9.17, 15) is 0 Å². The highest BCUT2D eigenvalue weighted by atomic mass is 16.5. The molecule has 1 aromatic carbocycles. The molecule has 0 fully saturated rings. The van der Waals surface area contributed by atoms with E-state index in [1.807, 2.05) is 0 Å². The topological polar surface area (TPSA) is 15.7 Å². The molecule has 2 rings (SSSR count). The van der Waals surface area contributed by atoms with Crippen molar-refractivity contribution < 1.29 is 4.74 Å². The fraction of sp³-hybridized carbons (Fsp3) is 0.684. The number of unbranched alkanes of at least 4 members (excludes halogenated alkanes) is 3. The lowest BCUT2D eigenvalue weighted by Gasteiger charge is -2.32. The Hall–Kier alpha value is -1.38. The first-order valence-electron chi connectivity index (χ1n) is 8.92. The third-order valence-electron chi connectivity index (χ3n) is 4.55. The molecule has 0 aliphatic carbocycles. The van der Waals surface area contributed by atoms with Crippen LogP contribution >= 0.6 is 0 Å². The molecule has 0 saturated heterocycles. The summed E-state index contributed by atoms with van der Waals surface area (Å²) in [5.74, 6) is 1.01. The molecule has 0 aromatic heterocycles. The largest absolute Gasteiger partial charge is 0.494 e. The van der Waals surface area contributed by atoms with Gasteiger partial charge in [0.15, 0.2) is 0 Å². The summed E-state index contributed by atoms with van der Waals surface area (Å²) in [7, 11) is 0. The number of nitrogens with zero attached hydrogens (tertiary/aromatic N) is 2. The summed E-state index contributed by atoms with van der Waals surface area (Å²) in [4.78, 5) is 4.95. The second kappa shape index (κ2) is 7.75. The van der Waals surface area contributed by atoms with Crippen LogP contribution in [0.1, 0.15) is 60.3 Å². The van der Waals surface area contributed by atoms with Gasteiger partial charge in [0.05, 0.1) is 24.1 Å². The zero-order valence-electron chi connectivity index (χ0n) is 14.9. The molecule has 0 bridgehead atoms. The van der Waals surface area contributed by atoms with E-state index in [0.717, 1.165) is 25.3 Å². The Kier molecular flexibility index (Phi) is 5.98. The molecular formula is C19H32N2O. The number of hydrogen-bond acceptors (Lipinski definition) is 3. The van der Waals surface area contributed by atoms with Crippen LogP contribution in [0.4, 0.5) is 11.4 Å². The van der Waals surface area contributed by atoms with E-state index < -0.39 is 0 Å². The quantitative estimate of drug-likeness (QED) is 0.625. The van der Waals surface area contributed by atoms with Gasteiger partial charge in [0.1, 0.15) is 5.75 Å². The van der Waals surface area contributed by atoms with Gasteiger partial charge in [-0.15, -0.1) is 0 Å². The maximum Gasteiger partial charge on any atom is 0.121 e. The summed E-state index contributed by atoms with van der Waals surface area (Å²) >= 11 is 0. The predicted molar refractivity (Wildman–Crippen MR) is 96.2 cm³/mol. The average molecular weight is 304 g/mol. The summed E-state index contributed by atoms with van der Waals surface area (Å²) < 4.78 is 5.96. The molecule has 124 valence electrons. The van der Waals surface area contributed by atoms with Crippen molar-refractivity contribution in [3.05, 3.63) is 18.2 Å². The Bertz CT molecular complexity index is 473. The molecule has 1 heterocycles. The van der Waals surface area contributed by atoms with Crippen LogP contribution in [0.5, 0.6) is 5.75 Å². The first kappa shape index (κ1) is 17.0. The van der Waals surface area contributed by atoms with Crippen molar-refractivity contribution >= 4 is 11.4 Å². The normalized spacial score (nSPS) is 17.3. The number of rotatable bonds is 8. The monoisotopic (exact) mass is 304 g/mol. The van der Waals surface area contributed by atoms with Crippen LogP contribution in [-0.4, -0.2) is 25.4 Å². The van der Waals surface area contributed by atoms with Crippen LogP contribution in [0, 0.1) is 0 Å². The molecule has 1 aliphatic rings. The van der Waals surface area contributed by atoms with Crippen molar-refractivity contribution in [3.8, 4) is 5.75 Å². The van der Waals surface area contributed by atoms with Gasteiger partial charge in [-0.25, -0.2) is 0 Å². The molecule has 1 unspecified atom stereocenters. The lowest BCUT2D eigenvalue weighted by atomic mass is 10.2. The molecule has 22 heavy (non-hydrogen) atoms. The minimum atomic E-state index is 0.416. The van der Waals surface area contributed by atoms with E-state index in [0.29, 0.717) is 12.2 Å². The van der Waals surface area contributed by atoms with Crippen molar-refractivity contribution in [2.45, 2.75) is 72.5 Å². The molecule has 3 heteroatoms. The van der Waals surface area contributed by atoms with Gasteiger partial charge >= 0.3 is 0 Å². The Labute approximate surface area is 136 Å². The zero-order valence-corrected chi connectivity index (χ0v) is 14.9. The van der Waals surface area contributed by atoms with Crippen molar-refractivity contribution in [1.82, 2.24) is 0 Å². The number of fused-ring (bicyclic) bond motifs is 1. The average Bonchev–Trinajstić information content (AvgIpc) is 2.77. The lowest BCUT2D eigenvalue weighted by Crippen LogP contribution is -2.44. The lowest BCUT2D eigenvalue weighted by molar-refractivity contribution is 0.305. The highest BCUT2D eigenvalue weighted by molar-refractivity contribution is 5.79. The fourth-order valence-electron chi connectivity index (χ4n) is 3.46. The SMILES string of the molecule is CCCCCCOc1ccc2c(c1)N(CC)C(C)N2C(C)C. The van der Waals surface area contributed by atoms with Gasteiger partial charge in [0.25, 0.3) is 0 Å². The van der Waals surface area contributed by atoms with Gasteiger partial charge in [-0.3, -0.25) is 0 Å². The molecule has 1 atom stereocenters. The van der Waals surface area contributed by atoms with E-state index in [1.54, 1.807) is 0 Å². The Morgan fingerprint density at radius 3 is 2.50 bits per heavy atom. The molecule has 0 saturated carbocycles. The second-order valence-corrected chi connectivity index (χ2v) is 6.48. The summed E-state index contributed by atoms with van der Waals surface area (Å²) in [6.45, 7) is 13.1. The standard InChI is InChI=1S/C19H32N2O/c1-6-8-9-10-13-22-17-11-12-18-19(14-17)20(7-2)16(5)21(18)15(3)4/h11-12,14-16H,6-10,13H2,1-5H3. The summed E-state index contributed by atoms with van der Waals surface area (Å²) in [6.07, 6.45) is 5.41. The Morgan fingerprint density at radius 1 is 1.09 bits per heavy atom. The molecule has 0 N–H and O–H groups in total. The molecule has 1 aromatic rings. The number of anilines is 2. The van der Waals surface area contributed by atoms with Crippen molar-refractivity contribution in [3.63, 3.8) is 0 Å². The van der Waals surface area contributed by atoms with E-state index in [1.165, 1.54) is 30.6 Å². The van der Waals surface area contributed by atoms with Crippen LogP contribution < -0.4 is 14.5 Å². The molecule has 0 spiro atoms. The van der Waals surface area contributed by atoms with E-state index in [-0.39, 0.29) is 0 Å². The van der Waals surface area contributed by atoms with Crippen LogP contribution in [-0.2, 0) is 0 Å². The van der Waals surface area contributed by atoms with Gasteiger partial charge in [0, 0.05) is 18.7 Å². The second-order valence-electron chi connectivity index (χ2n) is 6.48. The minimum Gasteiger partial charge on any atom is -0.494 e. The molecule has 1 aliphatic heterocycles. The van der Waals surface area contributed by atoms with Crippen molar-refractivity contribution in [2.75, 3.05) is 23.0 Å². The third kappa shape index (κ3) is 3.50. The predicted octanol–water partition coefficient (Wildman–Crippen LogP) is 5.05. The molecule has 0 radical (unpaired) electrons. The van der Waals surface area contributed by atoms with Crippen LogP contribution in [0.15, 0.2) is 18.2 Å². The zero-order chi connectivity index (χ0) is 16.1. The number of ether oxygens (including phenoxy) is 1. The number of hydrogen-bond donors (Lipinski definition) is 0. The Morgan fingerprint density at radius 2 is 1.86 bits per heavy atom. The first-order chi connectivity index (χ1) is 10.6. The summed E-state index contributed by atoms with van der Waals surface area (Å²) in [5, 5.41) is 0. The smallest absolute Gasteiger partial charge is 0.121 e. The van der Waals surface area contributed by atoms with Gasteiger partial charge in [0.2, 0.25) is 0 Å². The minimum absolute atomic E-state index is 0.416.